The Morgan fingerprint density at radius 3 is 1.05 bits per heavy atom. The van der Waals surface area contributed by atoms with Gasteiger partial charge in [0.25, 0.3) is 0 Å². The first-order chi connectivity index (χ1) is 19.9. The third-order valence-electron chi connectivity index (χ3n) is 7.04. The van der Waals surface area contributed by atoms with Gasteiger partial charge >= 0.3 is 32.7 Å². The predicted octanol–water partition coefficient (Wildman–Crippen LogP) is 13.1. The van der Waals surface area contributed by atoms with E-state index < -0.39 is 16.5 Å². The average Bonchev–Trinajstić information content (AvgIpc) is 3.46. The van der Waals surface area contributed by atoms with Gasteiger partial charge < -0.3 is 20.0 Å². The molecule has 1 aliphatic rings. The van der Waals surface area contributed by atoms with Gasteiger partial charge in [-0.2, -0.15) is 0 Å². The van der Waals surface area contributed by atoms with E-state index in [9.17, 15) is 0 Å². The van der Waals surface area contributed by atoms with E-state index in [-0.39, 0.29) is 32.7 Å². The van der Waals surface area contributed by atoms with Crippen molar-refractivity contribution < 1.29 is 37.4 Å². The summed E-state index contributed by atoms with van der Waals surface area (Å²) in [5.74, 6) is 1.96. The third kappa shape index (κ3) is 17.4. The van der Waals surface area contributed by atoms with Crippen molar-refractivity contribution in [3.8, 4) is 0 Å². The summed E-state index contributed by atoms with van der Waals surface area (Å²) in [6.45, 7) is 35.5. The molecule has 246 valence electrons. The molecule has 1 heterocycles. The number of hydrogen-bond acceptors (Lipinski definition) is 1. The van der Waals surface area contributed by atoms with Crippen molar-refractivity contribution in [3.05, 3.63) is 73.9 Å². The van der Waals surface area contributed by atoms with Gasteiger partial charge in [0.05, 0.1) is 0 Å². The van der Waals surface area contributed by atoms with Crippen LogP contribution in [-0.2, 0) is 37.4 Å². The zero-order chi connectivity index (χ0) is 32.8. The van der Waals surface area contributed by atoms with Crippen molar-refractivity contribution in [2.45, 2.75) is 138 Å². The summed E-state index contributed by atoms with van der Waals surface area (Å²) in [4.78, 5) is 0. The van der Waals surface area contributed by atoms with Crippen molar-refractivity contribution in [2.24, 2.45) is 0 Å². The second-order valence-electron chi connectivity index (χ2n) is 15.1. The van der Waals surface area contributed by atoms with E-state index in [2.05, 4.69) is 131 Å². The second-order valence-corrected chi connectivity index (χ2v) is 24.7. The van der Waals surface area contributed by atoms with Crippen LogP contribution in [0, 0.1) is 0 Å². The molecule has 0 bridgehead atoms. The quantitative estimate of drug-likeness (QED) is 0.160. The number of nitrogens with zero attached hydrogens (tertiary/aromatic N) is 3. The van der Waals surface area contributed by atoms with Crippen LogP contribution in [0.3, 0.4) is 0 Å². The summed E-state index contributed by atoms with van der Waals surface area (Å²) in [5, 5.41) is 10.1. The van der Waals surface area contributed by atoms with Gasteiger partial charge in [-0.1, -0.05) is 176 Å². The van der Waals surface area contributed by atoms with Crippen molar-refractivity contribution in [2.75, 3.05) is 26.3 Å². The number of benzene rings is 2. The molecule has 4 nitrogen and oxygen atoms in total. The van der Waals surface area contributed by atoms with Crippen molar-refractivity contribution in [1.82, 2.24) is 0 Å². The van der Waals surface area contributed by atoms with E-state index in [4.69, 9.17) is 20.0 Å². The third-order valence-corrected chi connectivity index (χ3v) is 12.4. The molecule has 0 aromatic heterocycles. The van der Waals surface area contributed by atoms with Crippen LogP contribution in [0.15, 0.2) is 36.4 Å². The summed E-state index contributed by atoms with van der Waals surface area (Å²) >= 11 is 0. The van der Waals surface area contributed by atoms with Crippen LogP contribution in [0.2, 0.25) is 39.3 Å². The zero-order valence-electron chi connectivity index (χ0n) is 31.1. The fourth-order valence-corrected chi connectivity index (χ4v) is 13.4. The SMILES string of the molecule is C1CCOC1.CC(C)c1cccc(C(C)C)c1[N-]CCC[N-]c1c(C(C)C)cccc1C(C)C.C[Si](C)(C)[N-][Si](C)(C)C.[Y+3]. The van der Waals surface area contributed by atoms with Gasteiger partial charge in [0.2, 0.25) is 0 Å². The van der Waals surface area contributed by atoms with Crippen LogP contribution in [-0.4, -0.2) is 42.8 Å². The molecule has 0 amide bonds. The molecule has 44 heavy (non-hydrogen) atoms. The molecule has 2 aromatic rings. The van der Waals surface area contributed by atoms with Crippen LogP contribution in [0.4, 0.5) is 11.4 Å². The Morgan fingerprint density at radius 1 is 0.568 bits per heavy atom. The molecule has 7 heteroatoms. The topological polar surface area (TPSA) is 51.5 Å². The van der Waals surface area contributed by atoms with Gasteiger partial charge in [0.1, 0.15) is 0 Å². The molecular formula is C37H66N3OSi2Y. The van der Waals surface area contributed by atoms with Crippen LogP contribution in [0.1, 0.15) is 121 Å². The second kappa shape index (κ2) is 21.4. The minimum absolute atomic E-state index is 0. The first-order valence-electron chi connectivity index (χ1n) is 16.9. The normalized spacial score (nSPS) is 13.3. The van der Waals surface area contributed by atoms with E-state index in [1.807, 2.05) is 0 Å². The van der Waals surface area contributed by atoms with Crippen LogP contribution >= 0.6 is 0 Å². The largest absolute Gasteiger partial charge is 3.00 e. The number of para-hydroxylation sites is 2. The summed E-state index contributed by atoms with van der Waals surface area (Å²) in [6.07, 6.45) is 3.54. The van der Waals surface area contributed by atoms with Crippen LogP contribution < -0.4 is 0 Å². The molecule has 2 aromatic carbocycles. The van der Waals surface area contributed by atoms with Crippen LogP contribution in [0.5, 0.6) is 0 Å². The molecule has 0 spiro atoms. The molecule has 3 rings (SSSR count). The molecule has 0 saturated carbocycles. The summed E-state index contributed by atoms with van der Waals surface area (Å²) in [7, 11) is -2.21. The Hall–Kier alpha value is -0.502. The van der Waals surface area contributed by atoms with Crippen molar-refractivity contribution in [3.63, 3.8) is 0 Å². The number of ether oxygens (including phenoxy) is 1. The minimum Gasteiger partial charge on any atom is -0.684 e. The molecule has 0 N–H and O–H groups in total. The molecule has 0 unspecified atom stereocenters. The van der Waals surface area contributed by atoms with Crippen molar-refractivity contribution in [1.29, 1.82) is 0 Å². The maximum atomic E-state index is 5.03. The fraction of sp³-hybridized carbons (Fsp3) is 0.676. The summed E-state index contributed by atoms with van der Waals surface area (Å²) < 4.78 is 9.76. The molecule has 1 fully saturated rings. The Bertz CT molecular complexity index is 918. The monoisotopic (exact) mass is 713 g/mol. The Balaban J connectivity index is 0.00000101. The predicted molar refractivity (Wildman–Crippen MR) is 200 cm³/mol. The van der Waals surface area contributed by atoms with Gasteiger partial charge in [-0.05, 0) is 36.5 Å². The maximum absolute atomic E-state index is 5.03. The molecule has 0 radical (unpaired) electrons. The molecule has 1 aliphatic heterocycles. The van der Waals surface area contributed by atoms with E-state index in [0.717, 1.165) is 32.7 Å². The fourth-order valence-electron chi connectivity index (χ4n) is 5.36. The number of rotatable bonds is 12. The average molecular weight is 714 g/mol. The molecular weight excluding hydrogens is 648 g/mol. The Kier molecular flexibility index (Phi) is 21.1. The van der Waals surface area contributed by atoms with E-state index in [0.29, 0.717) is 23.7 Å². The molecule has 1 saturated heterocycles. The standard InChI is InChI=1S/C27H40N2.C6H18NSi2.C4H8O.Y/c1-18(2)22-12-9-13-23(19(3)4)26(22)28-16-11-17-29-27-24(20(5)6)14-10-15-25(27)21(7)8;1-8(2,3)7-9(4,5)6;1-2-4-5-3-1;/h9-10,12-15,18-21H,11,16-17H2,1-8H3;1-6H3;1-4H2;/q-2;-1;;+3. The van der Waals surface area contributed by atoms with E-state index in [1.165, 1.54) is 46.5 Å². The summed E-state index contributed by atoms with van der Waals surface area (Å²) in [5.41, 5.74) is 7.87. The smallest absolute Gasteiger partial charge is 0.684 e. The Labute approximate surface area is 301 Å². The van der Waals surface area contributed by atoms with Crippen molar-refractivity contribution >= 4 is 27.8 Å². The first kappa shape index (κ1) is 43.5. The van der Waals surface area contributed by atoms with Gasteiger partial charge in [-0.3, -0.25) is 0 Å². The first-order valence-corrected chi connectivity index (χ1v) is 23.8. The van der Waals surface area contributed by atoms with Gasteiger partial charge in [-0.25, -0.2) is 0 Å². The number of hydrogen-bond donors (Lipinski definition) is 0. The van der Waals surface area contributed by atoms with Gasteiger partial charge in [0.15, 0.2) is 0 Å². The van der Waals surface area contributed by atoms with Gasteiger partial charge in [0, 0.05) is 13.2 Å². The van der Waals surface area contributed by atoms with Crippen LogP contribution in [0.25, 0.3) is 15.3 Å². The zero-order valence-corrected chi connectivity index (χ0v) is 35.9. The molecule has 0 aliphatic carbocycles. The summed E-state index contributed by atoms with van der Waals surface area (Å²) in [6, 6.07) is 13.3. The van der Waals surface area contributed by atoms with Gasteiger partial charge in [-0.15, -0.1) is 24.5 Å². The maximum Gasteiger partial charge on any atom is 3.00 e. The van der Waals surface area contributed by atoms with E-state index >= 15 is 0 Å². The molecule has 0 atom stereocenters. The Morgan fingerprint density at radius 2 is 0.864 bits per heavy atom. The van der Waals surface area contributed by atoms with E-state index in [1.54, 1.807) is 0 Å². The minimum atomic E-state index is -1.11.